The van der Waals surface area contributed by atoms with Crippen molar-refractivity contribution in [2.45, 2.75) is 57.6 Å². The van der Waals surface area contributed by atoms with Gasteiger partial charge in [0.05, 0.1) is 19.3 Å². The molecule has 2 aromatic rings. The third-order valence-electron chi connectivity index (χ3n) is 4.99. The van der Waals surface area contributed by atoms with Gasteiger partial charge >= 0.3 is 0 Å². The van der Waals surface area contributed by atoms with E-state index >= 15 is 0 Å². The van der Waals surface area contributed by atoms with Crippen LogP contribution in [0.2, 0.25) is 0 Å². The number of hydrogen-bond acceptors (Lipinski definition) is 4. The molecule has 2 aromatic carbocycles. The summed E-state index contributed by atoms with van der Waals surface area (Å²) in [4.78, 5) is 0. The lowest BCUT2D eigenvalue weighted by molar-refractivity contribution is -0.246. The van der Waals surface area contributed by atoms with Crippen molar-refractivity contribution in [2.24, 2.45) is 0 Å². The van der Waals surface area contributed by atoms with Crippen LogP contribution in [0.15, 0.2) is 72.8 Å². The van der Waals surface area contributed by atoms with Crippen molar-refractivity contribution in [2.75, 3.05) is 7.11 Å². The zero-order chi connectivity index (χ0) is 19.8. The molecule has 4 nitrogen and oxygen atoms in total. The van der Waals surface area contributed by atoms with Crippen molar-refractivity contribution >= 4 is 0 Å². The smallest absolute Gasteiger partial charge is 0.157 e. The van der Waals surface area contributed by atoms with E-state index in [1.807, 2.05) is 43.3 Å². The van der Waals surface area contributed by atoms with Crippen molar-refractivity contribution in [3.63, 3.8) is 0 Å². The van der Waals surface area contributed by atoms with E-state index in [0.717, 1.165) is 29.5 Å². The molecule has 0 N–H and O–H groups in total. The van der Waals surface area contributed by atoms with E-state index in [1.54, 1.807) is 7.11 Å². The second-order valence-electron chi connectivity index (χ2n) is 7.24. The van der Waals surface area contributed by atoms with Crippen LogP contribution in [0.1, 0.15) is 30.9 Å². The van der Waals surface area contributed by atoms with E-state index in [9.17, 15) is 0 Å². The molecule has 0 amide bonds. The summed E-state index contributed by atoms with van der Waals surface area (Å²) in [6.07, 6.45) is 0.804. The Balaban J connectivity index is 1.69. The highest BCUT2D eigenvalue weighted by Crippen LogP contribution is 2.29. The molecule has 3 rings (SSSR count). The van der Waals surface area contributed by atoms with E-state index in [1.165, 1.54) is 0 Å². The Bertz CT molecular complexity index is 716. The van der Waals surface area contributed by atoms with Crippen LogP contribution in [0.5, 0.6) is 0 Å². The second-order valence-corrected chi connectivity index (χ2v) is 7.24. The number of hydrogen-bond donors (Lipinski definition) is 0. The maximum absolute atomic E-state index is 6.26. The van der Waals surface area contributed by atoms with Crippen LogP contribution in [0, 0.1) is 0 Å². The molecule has 4 atom stereocenters. The highest BCUT2D eigenvalue weighted by molar-refractivity contribution is 5.15. The van der Waals surface area contributed by atoms with Crippen molar-refractivity contribution < 1.29 is 18.9 Å². The predicted molar refractivity (Wildman–Crippen MR) is 110 cm³/mol. The standard InChI is InChI=1S/C24H30O4/c1-18(2)23(27-17-20-12-8-5-9-13-20)24-21(14-15-22(25-3)28-24)26-16-19-10-6-4-7-11-19/h4-13,21-24H,1,14-17H2,2-3H3/t21-,22-,23-,24-/m0/s1. The normalized spacial score (nSPS) is 23.3. The minimum atomic E-state index is -0.265. The van der Waals surface area contributed by atoms with E-state index in [-0.39, 0.29) is 24.6 Å². The summed E-state index contributed by atoms with van der Waals surface area (Å²) >= 11 is 0. The topological polar surface area (TPSA) is 36.9 Å². The molecule has 1 saturated heterocycles. The van der Waals surface area contributed by atoms with Gasteiger partial charge in [-0.2, -0.15) is 0 Å². The molecule has 1 aliphatic rings. The Morgan fingerprint density at radius 2 is 1.61 bits per heavy atom. The maximum Gasteiger partial charge on any atom is 0.157 e. The van der Waals surface area contributed by atoms with Gasteiger partial charge in [-0.25, -0.2) is 0 Å². The molecular weight excluding hydrogens is 352 g/mol. The summed E-state index contributed by atoms with van der Waals surface area (Å²) in [5.41, 5.74) is 3.19. The van der Waals surface area contributed by atoms with E-state index in [4.69, 9.17) is 18.9 Å². The molecule has 0 bridgehead atoms. The first-order chi connectivity index (χ1) is 13.7. The van der Waals surface area contributed by atoms with Crippen molar-refractivity contribution in [3.8, 4) is 0 Å². The third kappa shape index (κ3) is 5.76. The van der Waals surface area contributed by atoms with Crippen LogP contribution in [0.25, 0.3) is 0 Å². The Hall–Kier alpha value is -1.98. The summed E-state index contributed by atoms with van der Waals surface area (Å²) in [5.74, 6) is 0. The molecule has 0 aliphatic carbocycles. The zero-order valence-electron chi connectivity index (χ0n) is 16.8. The average Bonchev–Trinajstić information content (AvgIpc) is 2.74. The molecule has 1 heterocycles. The highest BCUT2D eigenvalue weighted by atomic mass is 16.7. The first kappa shape index (κ1) is 20.7. The van der Waals surface area contributed by atoms with E-state index < -0.39 is 0 Å². The predicted octanol–water partition coefficient (Wildman–Crippen LogP) is 4.88. The van der Waals surface area contributed by atoms with Gasteiger partial charge in [0, 0.05) is 13.5 Å². The first-order valence-corrected chi connectivity index (χ1v) is 9.82. The molecule has 0 unspecified atom stereocenters. The molecule has 1 aliphatic heterocycles. The number of ether oxygens (including phenoxy) is 4. The molecule has 4 heteroatoms. The van der Waals surface area contributed by atoms with E-state index in [2.05, 4.69) is 30.8 Å². The van der Waals surface area contributed by atoms with Crippen molar-refractivity contribution in [1.82, 2.24) is 0 Å². The fourth-order valence-corrected chi connectivity index (χ4v) is 3.47. The van der Waals surface area contributed by atoms with Gasteiger partial charge in [0.15, 0.2) is 6.29 Å². The van der Waals surface area contributed by atoms with Crippen LogP contribution < -0.4 is 0 Å². The summed E-state index contributed by atoms with van der Waals surface area (Å²) < 4.78 is 24.2. The SMILES string of the molecule is C=C(C)[C@H](OCc1ccccc1)[C@H]1O[C@H](OC)CC[C@@H]1OCc1ccccc1. The first-order valence-electron chi connectivity index (χ1n) is 9.82. The van der Waals surface area contributed by atoms with Crippen LogP contribution in [0.3, 0.4) is 0 Å². The minimum Gasteiger partial charge on any atom is -0.371 e. The fourth-order valence-electron chi connectivity index (χ4n) is 3.47. The largest absolute Gasteiger partial charge is 0.371 e. The number of rotatable bonds is 9. The van der Waals surface area contributed by atoms with Gasteiger partial charge in [-0.1, -0.05) is 67.2 Å². The van der Waals surface area contributed by atoms with Crippen LogP contribution in [-0.2, 0) is 32.2 Å². The van der Waals surface area contributed by atoms with Gasteiger partial charge in [-0.05, 0) is 30.0 Å². The monoisotopic (exact) mass is 382 g/mol. The molecule has 0 radical (unpaired) electrons. The number of benzene rings is 2. The summed E-state index contributed by atoms with van der Waals surface area (Å²) in [6.45, 7) is 7.17. The maximum atomic E-state index is 6.26. The lowest BCUT2D eigenvalue weighted by Crippen LogP contribution is -2.49. The molecular formula is C24H30O4. The van der Waals surface area contributed by atoms with Gasteiger partial charge in [-0.15, -0.1) is 0 Å². The molecule has 1 fully saturated rings. The Labute approximate surface area is 168 Å². The summed E-state index contributed by atoms with van der Waals surface area (Å²) in [7, 11) is 1.67. The van der Waals surface area contributed by atoms with Crippen molar-refractivity contribution in [1.29, 1.82) is 0 Å². The molecule has 0 spiro atoms. The van der Waals surface area contributed by atoms with Gasteiger partial charge in [0.2, 0.25) is 0 Å². The Morgan fingerprint density at radius 3 is 2.18 bits per heavy atom. The van der Waals surface area contributed by atoms with Crippen molar-refractivity contribution in [3.05, 3.63) is 83.9 Å². The number of methoxy groups -OCH3 is 1. The van der Waals surface area contributed by atoms with Gasteiger partial charge in [-0.3, -0.25) is 0 Å². The lowest BCUT2D eigenvalue weighted by atomic mass is 9.96. The fraction of sp³-hybridized carbons (Fsp3) is 0.417. The zero-order valence-corrected chi connectivity index (χ0v) is 16.8. The third-order valence-corrected chi connectivity index (χ3v) is 4.99. The Kier molecular flexibility index (Phi) is 7.80. The molecule has 0 aromatic heterocycles. The summed E-state index contributed by atoms with van der Waals surface area (Å²) in [5, 5.41) is 0. The minimum absolute atomic E-state index is 0.0796. The summed E-state index contributed by atoms with van der Waals surface area (Å²) in [6, 6.07) is 20.3. The quantitative estimate of drug-likeness (QED) is 0.579. The van der Waals surface area contributed by atoms with Gasteiger partial charge in [0.1, 0.15) is 12.2 Å². The van der Waals surface area contributed by atoms with Crippen LogP contribution >= 0.6 is 0 Å². The average molecular weight is 383 g/mol. The highest BCUT2D eigenvalue weighted by Gasteiger charge is 2.38. The molecule has 28 heavy (non-hydrogen) atoms. The van der Waals surface area contributed by atoms with Crippen LogP contribution in [-0.4, -0.2) is 31.7 Å². The van der Waals surface area contributed by atoms with Gasteiger partial charge in [0.25, 0.3) is 0 Å². The lowest BCUT2D eigenvalue weighted by Gasteiger charge is -2.40. The molecule has 0 saturated carbocycles. The van der Waals surface area contributed by atoms with Gasteiger partial charge < -0.3 is 18.9 Å². The molecule has 150 valence electrons. The van der Waals surface area contributed by atoms with E-state index in [0.29, 0.717) is 13.2 Å². The Morgan fingerprint density at radius 1 is 1.00 bits per heavy atom. The van der Waals surface area contributed by atoms with Crippen LogP contribution in [0.4, 0.5) is 0 Å². The second kappa shape index (κ2) is 10.5.